The van der Waals surface area contributed by atoms with Gasteiger partial charge in [-0.05, 0) is 61.9 Å². The molecular weight excluding hydrogens is 585 g/mol. The Balaban J connectivity index is 2.10. The Morgan fingerprint density at radius 2 is 1.67 bits per heavy atom. The number of hydrogen-bond acceptors (Lipinski definition) is 5. The Labute approximate surface area is 243 Å². The smallest absolute Gasteiger partial charge is 0.264 e. The summed E-state index contributed by atoms with van der Waals surface area (Å²) in [5, 5.41) is 3.57. The zero-order valence-corrected chi connectivity index (χ0v) is 24.6. The van der Waals surface area contributed by atoms with Crippen LogP contribution in [0.5, 0.6) is 5.75 Å². The highest BCUT2D eigenvalue weighted by atomic mass is 35.5. The van der Waals surface area contributed by atoms with Gasteiger partial charge in [0.05, 0.1) is 27.7 Å². The lowest BCUT2D eigenvalue weighted by Crippen LogP contribution is -2.51. The van der Waals surface area contributed by atoms with Crippen LogP contribution in [-0.4, -0.2) is 51.4 Å². The highest BCUT2D eigenvalue weighted by Gasteiger charge is 2.34. The molecule has 0 aliphatic heterocycles. The summed E-state index contributed by atoms with van der Waals surface area (Å²) in [6, 6.07) is 16.1. The van der Waals surface area contributed by atoms with Crippen molar-refractivity contribution in [2.24, 2.45) is 0 Å². The van der Waals surface area contributed by atoms with Crippen LogP contribution in [0.2, 0.25) is 15.1 Å². The summed E-state index contributed by atoms with van der Waals surface area (Å²) in [6.45, 7) is 3.01. The van der Waals surface area contributed by atoms with Crippen LogP contribution in [0, 0.1) is 0 Å². The molecule has 0 heterocycles. The van der Waals surface area contributed by atoms with Gasteiger partial charge in [-0.15, -0.1) is 0 Å². The van der Waals surface area contributed by atoms with E-state index in [0.29, 0.717) is 17.1 Å². The molecule has 3 aromatic rings. The van der Waals surface area contributed by atoms with E-state index in [0.717, 1.165) is 4.31 Å². The molecule has 0 saturated carbocycles. The summed E-state index contributed by atoms with van der Waals surface area (Å²) in [7, 11) is -2.88. The zero-order chi connectivity index (χ0) is 28.7. The first-order valence-corrected chi connectivity index (χ1v) is 14.5. The molecule has 3 aromatic carbocycles. The predicted octanol–water partition coefficient (Wildman–Crippen LogP) is 5.40. The lowest BCUT2D eigenvalue weighted by atomic mass is 10.1. The Kier molecular flexibility index (Phi) is 10.5. The van der Waals surface area contributed by atoms with E-state index in [1.54, 1.807) is 56.3 Å². The van der Waals surface area contributed by atoms with Crippen LogP contribution in [0.4, 0.5) is 5.69 Å². The fourth-order valence-corrected chi connectivity index (χ4v) is 5.75. The van der Waals surface area contributed by atoms with Gasteiger partial charge in [-0.1, -0.05) is 59.1 Å². The van der Waals surface area contributed by atoms with Gasteiger partial charge in [-0.2, -0.15) is 0 Å². The fourth-order valence-electron chi connectivity index (χ4n) is 3.83. The van der Waals surface area contributed by atoms with E-state index >= 15 is 0 Å². The third kappa shape index (κ3) is 7.36. The zero-order valence-electron chi connectivity index (χ0n) is 21.5. The van der Waals surface area contributed by atoms with Crippen molar-refractivity contribution >= 4 is 62.3 Å². The van der Waals surface area contributed by atoms with Gasteiger partial charge in [0.1, 0.15) is 18.3 Å². The number of amides is 2. The number of sulfonamides is 1. The van der Waals surface area contributed by atoms with Crippen LogP contribution in [0.3, 0.4) is 0 Å². The summed E-state index contributed by atoms with van der Waals surface area (Å²) < 4.78 is 34.1. The quantitative estimate of drug-likeness (QED) is 0.313. The van der Waals surface area contributed by atoms with Crippen molar-refractivity contribution in [3.63, 3.8) is 0 Å². The summed E-state index contributed by atoms with van der Waals surface area (Å²) in [4.78, 5) is 28.0. The molecule has 0 bridgehead atoms. The molecule has 208 valence electrons. The van der Waals surface area contributed by atoms with Gasteiger partial charge < -0.3 is 15.0 Å². The first-order chi connectivity index (χ1) is 18.5. The average Bonchev–Trinajstić information content (AvgIpc) is 2.92. The lowest BCUT2D eigenvalue weighted by molar-refractivity contribution is -0.139. The van der Waals surface area contributed by atoms with E-state index in [1.165, 1.54) is 36.3 Å². The van der Waals surface area contributed by atoms with Gasteiger partial charge in [0.15, 0.2) is 0 Å². The number of benzene rings is 3. The van der Waals surface area contributed by atoms with E-state index in [1.807, 2.05) is 0 Å². The second-order valence-corrected chi connectivity index (χ2v) is 11.6. The molecule has 0 spiro atoms. The van der Waals surface area contributed by atoms with Crippen LogP contribution in [-0.2, 0) is 26.2 Å². The standard InChI is InChI=1S/C27H28Cl3N3O5S/c1-4-31-27(35)18(2)32(16-19-10-12-22(29)23(30)14-19)26(34)17-33(24-15-20(28)11-13-25(24)38-3)39(36,37)21-8-6-5-7-9-21/h5-15,18H,4,16-17H2,1-3H3,(H,31,35). The number of rotatable bonds is 11. The summed E-state index contributed by atoms with van der Waals surface area (Å²) >= 11 is 18.5. The number of nitrogens with one attached hydrogen (secondary N) is 1. The molecular formula is C27H28Cl3N3O5S. The Hall–Kier alpha value is -2.98. The summed E-state index contributed by atoms with van der Waals surface area (Å²) in [5.74, 6) is -0.843. The lowest BCUT2D eigenvalue weighted by Gasteiger charge is -2.32. The van der Waals surface area contributed by atoms with Crippen LogP contribution in [0.25, 0.3) is 0 Å². The highest BCUT2D eigenvalue weighted by molar-refractivity contribution is 7.92. The summed E-state index contributed by atoms with van der Waals surface area (Å²) in [5.41, 5.74) is 0.675. The number of ether oxygens (including phenoxy) is 1. The average molecular weight is 613 g/mol. The van der Waals surface area contributed by atoms with Gasteiger partial charge in [0.2, 0.25) is 11.8 Å². The Morgan fingerprint density at radius 1 is 0.974 bits per heavy atom. The number of nitrogens with zero attached hydrogens (tertiary/aromatic N) is 2. The van der Waals surface area contributed by atoms with E-state index in [9.17, 15) is 18.0 Å². The predicted molar refractivity (Wildman–Crippen MR) is 154 cm³/mol. The van der Waals surface area contributed by atoms with Crippen molar-refractivity contribution in [3.05, 3.63) is 87.4 Å². The van der Waals surface area contributed by atoms with Crippen molar-refractivity contribution < 1.29 is 22.7 Å². The molecule has 12 heteroatoms. The molecule has 0 saturated heterocycles. The molecule has 39 heavy (non-hydrogen) atoms. The third-order valence-electron chi connectivity index (χ3n) is 5.87. The summed E-state index contributed by atoms with van der Waals surface area (Å²) in [6.07, 6.45) is 0. The highest BCUT2D eigenvalue weighted by Crippen LogP contribution is 2.35. The van der Waals surface area contributed by atoms with Gasteiger partial charge in [-0.25, -0.2) is 8.42 Å². The molecule has 1 atom stereocenters. The molecule has 0 aromatic heterocycles. The van der Waals surface area contributed by atoms with Crippen molar-refractivity contribution in [2.75, 3.05) is 24.5 Å². The molecule has 3 rings (SSSR count). The first kappa shape index (κ1) is 30.6. The Bertz CT molecular complexity index is 1440. The number of methoxy groups -OCH3 is 1. The number of hydrogen-bond donors (Lipinski definition) is 1. The molecule has 8 nitrogen and oxygen atoms in total. The molecule has 1 N–H and O–H groups in total. The molecule has 0 aliphatic rings. The van der Waals surface area contributed by atoms with Gasteiger partial charge >= 0.3 is 0 Å². The monoisotopic (exact) mass is 611 g/mol. The molecule has 0 aliphatic carbocycles. The minimum Gasteiger partial charge on any atom is -0.495 e. The van der Waals surface area contributed by atoms with E-state index in [4.69, 9.17) is 39.5 Å². The minimum atomic E-state index is -4.27. The third-order valence-corrected chi connectivity index (χ3v) is 8.62. The molecule has 1 unspecified atom stereocenters. The van der Waals surface area contributed by atoms with E-state index in [-0.39, 0.29) is 32.9 Å². The maximum absolute atomic E-state index is 13.9. The van der Waals surface area contributed by atoms with Gasteiger partial charge in [-0.3, -0.25) is 13.9 Å². The van der Waals surface area contributed by atoms with Crippen molar-refractivity contribution in [3.8, 4) is 5.75 Å². The number of likely N-dealkylation sites (N-methyl/N-ethyl adjacent to an activating group) is 1. The topological polar surface area (TPSA) is 96.0 Å². The normalized spacial score (nSPS) is 11.9. The Morgan fingerprint density at radius 3 is 2.28 bits per heavy atom. The van der Waals surface area contributed by atoms with Crippen molar-refractivity contribution in [1.82, 2.24) is 10.2 Å². The minimum absolute atomic E-state index is 0.0278. The molecule has 2 amide bonds. The fraction of sp³-hybridized carbons (Fsp3) is 0.259. The number of carbonyl (C=O) groups is 2. The number of anilines is 1. The number of halogens is 3. The second kappa shape index (κ2) is 13.4. The van der Waals surface area contributed by atoms with Crippen molar-refractivity contribution in [1.29, 1.82) is 0 Å². The van der Waals surface area contributed by atoms with E-state index < -0.39 is 34.4 Å². The van der Waals surface area contributed by atoms with Crippen LogP contribution < -0.4 is 14.4 Å². The molecule has 0 fully saturated rings. The first-order valence-electron chi connectivity index (χ1n) is 11.9. The largest absolute Gasteiger partial charge is 0.495 e. The van der Waals surface area contributed by atoms with Gasteiger partial charge in [0.25, 0.3) is 10.0 Å². The second-order valence-electron chi connectivity index (χ2n) is 8.48. The maximum Gasteiger partial charge on any atom is 0.264 e. The van der Waals surface area contributed by atoms with Gasteiger partial charge in [0, 0.05) is 18.1 Å². The number of carbonyl (C=O) groups excluding carboxylic acids is 2. The van der Waals surface area contributed by atoms with Crippen LogP contribution >= 0.6 is 34.8 Å². The van der Waals surface area contributed by atoms with Crippen molar-refractivity contribution in [2.45, 2.75) is 31.3 Å². The van der Waals surface area contributed by atoms with E-state index in [2.05, 4.69) is 5.32 Å². The SMILES string of the molecule is CCNC(=O)C(C)N(Cc1ccc(Cl)c(Cl)c1)C(=O)CN(c1cc(Cl)ccc1OC)S(=O)(=O)c1ccccc1. The van der Waals surface area contributed by atoms with Crippen LogP contribution in [0.15, 0.2) is 71.6 Å². The molecule has 0 radical (unpaired) electrons. The van der Waals surface area contributed by atoms with Crippen LogP contribution in [0.1, 0.15) is 19.4 Å². The maximum atomic E-state index is 13.9.